The Bertz CT molecular complexity index is 573. The minimum absolute atomic E-state index is 0.0902. The van der Waals surface area contributed by atoms with Crippen LogP contribution in [0.3, 0.4) is 0 Å². The van der Waals surface area contributed by atoms with Crippen molar-refractivity contribution in [2.75, 3.05) is 0 Å². The van der Waals surface area contributed by atoms with Gasteiger partial charge in [0.2, 0.25) is 5.91 Å². The van der Waals surface area contributed by atoms with Crippen molar-refractivity contribution in [1.82, 2.24) is 26.5 Å². The van der Waals surface area contributed by atoms with Gasteiger partial charge in [-0.1, -0.05) is 0 Å². The Labute approximate surface area is 141 Å². The van der Waals surface area contributed by atoms with Crippen molar-refractivity contribution in [3.8, 4) is 0 Å². The molecule has 1 aromatic rings. The number of hydrogen-bond donors (Lipinski definition) is 4. The van der Waals surface area contributed by atoms with E-state index < -0.39 is 17.7 Å². The summed E-state index contributed by atoms with van der Waals surface area (Å²) in [4.78, 5) is 27.9. The van der Waals surface area contributed by atoms with Crippen molar-refractivity contribution in [3.05, 3.63) is 30.1 Å². The fourth-order valence-electron chi connectivity index (χ4n) is 2.31. The zero-order valence-corrected chi connectivity index (χ0v) is 14.4. The lowest BCUT2D eigenvalue weighted by molar-refractivity contribution is -0.123. The molecule has 1 aromatic heterocycles. The molecule has 0 aromatic carbocycles. The predicted octanol–water partition coefficient (Wildman–Crippen LogP) is 0.976. The van der Waals surface area contributed by atoms with Crippen molar-refractivity contribution in [1.29, 1.82) is 0 Å². The van der Waals surface area contributed by atoms with E-state index >= 15 is 0 Å². The number of nitrogens with zero attached hydrogens (tertiary/aromatic N) is 1. The lowest BCUT2D eigenvalue weighted by Gasteiger charge is -2.22. The molecule has 0 bridgehead atoms. The van der Waals surface area contributed by atoms with Crippen LogP contribution in [0.5, 0.6) is 0 Å². The van der Waals surface area contributed by atoms with Gasteiger partial charge >= 0.3 is 6.09 Å². The number of rotatable bonds is 4. The SMILES string of the molecule is CC(NC(=O)OC(C)(C)C)C(=O)NC1CC(c2ccncc2)NN1. The third kappa shape index (κ3) is 5.47. The molecule has 0 spiro atoms. The molecule has 8 nitrogen and oxygen atoms in total. The Morgan fingerprint density at radius 1 is 1.29 bits per heavy atom. The Kier molecular flexibility index (Phi) is 5.74. The van der Waals surface area contributed by atoms with Crippen LogP contribution in [-0.2, 0) is 9.53 Å². The molecule has 0 aliphatic carbocycles. The monoisotopic (exact) mass is 335 g/mol. The molecular weight excluding hydrogens is 310 g/mol. The highest BCUT2D eigenvalue weighted by Gasteiger charge is 2.28. The average Bonchev–Trinajstić information content (AvgIpc) is 2.94. The highest BCUT2D eigenvalue weighted by molar-refractivity contribution is 5.85. The largest absolute Gasteiger partial charge is 0.444 e. The molecule has 2 amide bonds. The number of aromatic nitrogens is 1. The average molecular weight is 335 g/mol. The molecule has 1 saturated heterocycles. The lowest BCUT2D eigenvalue weighted by atomic mass is 10.1. The number of hydrogen-bond acceptors (Lipinski definition) is 6. The van der Waals surface area contributed by atoms with Crippen LogP contribution < -0.4 is 21.5 Å². The van der Waals surface area contributed by atoms with E-state index in [2.05, 4.69) is 26.5 Å². The third-order valence-corrected chi connectivity index (χ3v) is 3.45. The van der Waals surface area contributed by atoms with Gasteiger partial charge in [0.15, 0.2) is 0 Å². The van der Waals surface area contributed by atoms with Gasteiger partial charge in [-0.25, -0.2) is 15.6 Å². The van der Waals surface area contributed by atoms with Crippen LogP contribution in [0.1, 0.15) is 45.7 Å². The van der Waals surface area contributed by atoms with Crippen LogP contribution >= 0.6 is 0 Å². The number of amides is 2. The minimum atomic E-state index is -0.693. The van der Waals surface area contributed by atoms with Gasteiger partial charge in [0, 0.05) is 24.9 Å². The van der Waals surface area contributed by atoms with Gasteiger partial charge in [0.25, 0.3) is 0 Å². The maximum atomic E-state index is 12.2. The van der Waals surface area contributed by atoms with Crippen LogP contribution in [-0.4, -0.2) is 34.8 Å². The normalized spacial score (nSPS) is 21.8. The number of nitrogens with one attached hydrogen (secondary N) is 4. The van der Waals surface area contributed by atoms with Gasteiger partial charge in [-0.2, -0.15) is 0 Å². The first-order chi connectivity index (χ1) is 11.2. The van der Waals surface area contributed by atoms with Crippen molar-refractivity contribution in [3.63, 3.8) is 0 Å². The van der Waals surface area contributed by atoms with Crippen LogP contribution in [0, 0.1) is 0 Å². The Morgan fingerprint density at radius 3 is 2.58 bits per heavy atom. The maximum absolute atomic E-state index is 12.2. The van der Waals surface area contributed by atoms with Gasteiger partial charge in [0.1, 0.15) is 11.6 Å². The molecule has 1 aliphatic rings. The molecule has 2 rings (SSSR count). The number of carbonyl (C=O) groups excluding carboxylic acids is 2. The second-order valence-corrected chi connectivity index (χ2v) is 6.79. The van der Waals surface area contributed by atoms with Crippen molar-refractivity contribution < 1.29 is 14.3 Å². The Balaban J connectivity index is 1.79. The van der Waals surface area contributed by atoms with Gasteiger partial charge in [-0.3, -0.25) is 9.78 Å². The molecule has 1 fully saturated rings. The van der Waals surface area contributed by atoms with Gasteiger partial charge in [-0.15, -0.1) is 0 Å². The summed E-state index contributed by atoms with van der Waals surface area (Å²) in [6.07, 6.45) is 3.32. The van der Waals surface area contributed by atoms with Crippen LogP contribution in [0.2, 0.25) is 0 Å². The summed E-state index contributed by atoms with van der Waals surface area (Å²) >= 11 is 0. The molecule has 4 N–H and O–H groups in total. The Hall–Kier alpha value is -2.19. The fourth-order valence-corrected chi connectivity index (χ4v) is 2.31. The van der Waals surface area contributed by atoms with Crippen molar-refractivity contribution >= 4 is 12.0 Å². The zero-order chi connectivity index (χ0) is 17.7. The Morgan fingerprint density at radius 2 is 1.96 bits per heavy atom. The predicted molar refractivity (Wildman–Crippen MR) is 88.6 cm³/mol. The van der Waals surface area contributed by atoms with E-state index in [0.717, 1.165) is 5.56 Å². The molecule has 3 atom stereocenters. The molecule has 2 heterocycles. The molecule has 8 heteroatoms. The van der Waals surface area contributed by atoms with E-state index in [9.17, 15) is 9.59 Å². The summed E-state index contributed by atoms with van der Waals surface area (Å²) in [5.74, 6) is -0.282. The first-order valence-electron chi connectivity index (χ1n) is 7.95. The number of alkyl carbamates (subject to hydrolysis) is 1. The summed E-state index contributed by atoms with van der Waals surface area (Å²) in [5, 5.41) is 5.37. The van der Waals surface area contributed by atoms with E-state index in [1.807, 2.05) is 12.1 Å². The second kappa shape index (κ2) is 7.59. The molecule has 3 unspecified atom stereocenters. The van der Waals surface area contributed by atoms with Crippen molar-refractivity contribution in [2.24, 2.45) is 0 Å². The number of pyridine rings is 1. The molecule has 1 aliphatic heterocycles. The zero-order valence-electron chi connectivity index (χ0n) is 14.4. The fraction of sp³-hybridized carbons (Fsp3) is 0.562. The molecule has 0 saturated carbocycles. The number of ether oxygens (including phenoxy) is 1. The van der Waals surface area contributed by atoms with Crippen LogP contribution in [0.4, 0.5) is 4.79 Å². The summed E-state index contributed by atoms with van der Waals surface area (Å²) in [7, 11) is 0. The topological polar surface area (TPSA) is 104 Å². The molecule has 24 heavy (non-hydrogen) atoms. The molecule has 0 radical (unpaired) electrons. The van der Waals surface area contributed by atoms with Crippen LogP contribution in [0.15, 0.2) is 24.5 Å². The highest BCUT2D eigenvalue weighted by atomic mass is 16.6. The second-order valence-electron chi connectivity index (χ2n) is 6.79. The summed E-state index contributed by atoms with van der Waals surface area (Å²) in [5.41, 5.74) is 6.66. The van der Waals surface area contributed by atoms with Gasteiger partial charge in [-0.05, 0) is 45.4 Å². The van der Waals surface area contributed by atoms with Gasteiger partial charge < -0.3 is 15.4 Å². The molecular formula is C16H25N5O3. The minimum Gasteiger partial charge on any atom is -0.444 e. The van der Waals surface area contributed by atoms with E-state index in [1.54, 1.807) is 40.1 Å². The first-order valence-corrected chi connectivity index (χ1v) is 7.95. The van der Waals surface area contributed by atoms with Crippen molar-refractivity contribution in [2.45, 2.75) is 58.0 Å². The summed E-state index contributed by atoms with van der Waals surface area (Å²) in [6.45, 7) is 6.92. The lowest BCUT2D eigenvalue weighted by Crippen LogP contribution is -2.52. The highest BCUT2D eigenvalue weighted by Crippen LogP contribution is 2.20. The van der Waals surface area contributed by atoms with E-state index in [0.29, 0.717) is 6.42 Å². The smallest absolute Gasteiger partial charge is 0.408 e. The summed E-state index contributed by atoms with van der Waals surface area (Å²) in [6, 6.07) is 3.25. The number of carbonyl (C=O) groups is 2. The maximum Gasteiger partial charge on any atom is 0.408 e. The third-order valence-electron chi connectivity index (χ3n) is 3.45. The van der Waals surface area contributed by atoms with E-state index in [4.69, 9.17) is 4.74 Å². The number of hydrazine groups is 1. The van der Waals surface area contributed by atoms with Gasteiger partial charge in [0.05, 0.1) is 6.17 Å². The molecule has 132 valence electrons. The first kappa shape index (κ1) is 18.2. The van der Waals surface area contributed by atoms with Crippen LogP contribution in [0.25, 0.3) is 0 Å². The quantitative estimate of drug-likeness (QED) is 0.654. The van der Waals surface area contributed by atoms with E-state index in [1.165, 1.54) is 0 Å². The van der Waals surface area contributed by atoms with E-state index in [-0.39, 0.29) is 18.1 Å². The summed E-state index contributed by atoms with van der Waals surface area (Å²) < 4.78 is 5.14. The standard InChI is InChI=1S/C16H25N5O3/c1-10(18-15(23)24-16(2,3)4)14(22)19-13-9-12(20-21-13)11-5-7-17-8-6-11/h5-8,10,12-13,20-21H,9H2,1-4H3,(H,18,23)(H,19,22).